The number of aliphatic hydroxyl groups is 7. The van der Waals surface area contributed by atoms with Crippen LogP contribution in [0, 0.1) is 0 Å². The van der Waals surface area contributed by atoms with Gasteiger partial charge in [0.2, 0.25) is 0 Å². The highest BCUT2D eigenvalue weighted by molar-refractivity contribution is 5.02. The van der Waals surface area contributed by atoms with Gasteiger partial charge in [0, 0.05) is 25.2 Å². The Morgan fingerprint density at radius 1 is 0.628 bits per heavy atom. The highest BCUT2D eigenvalue weighted by atomic mass is 16.8. The van der Waals surface area contributed by atoms with Crippen molar-refractivity contribution in [3.05, 3.63) is 0 Å². The SMILES string of the molecule is CN[C@H]1C[C@@H](N)[C@H](O)[C@@H](O[C@@H]2O[C@@H](CO)[C@H](O[C@H]3O[C@@H](CN)[C@@H](O)[C@H](O)[C@@H]3N)[C@H]2O)[C@@H]1O[C@H]1O[C@H](CN)[C@@H](O)[C@H](O)[C@@H]1N. The van der Waals surface area contributed by atoms with Crippen LogP contribution in [-0.4, -0.2) is 179 Å². The van der Waals surface area contributed by atoms with Gasteiger partial charge in [0.15, 0.2) is 18.9 Å². The van der Waals surface area contributed by atoms with Crippen LogP contribution in [0.1, 0.15) is 6.42 Å². The summed E-state index contributed by atoms with van der Waals surface area (Å²) in [5, 5.41) is 76.5. The Morgan fingerprint density at radius 2 is 1.09 bits per heavy atom. The molecule has 3 saturated heterocycles. The van der Waals surface area contributed by atoms with Crippen molar-refractivity contribution in [3.8, 4) is 0 Å². The van der Waals surface area contributed by atoms with Gasteiger partial charge in [-0.1, -0.05) is 0 Å². The molecule has 0 aromatic carbocycles. The van der Waals surface area contributed by atoms with E-state index in [0.29, 0.717) is 0 Å². The highest BCUT2D eigenvalue weighted by Crippen LogP contribution is 2.34. The highest BCUT2D eigenvalue weighted by Gasteiger charge is 2.54. The van der Waals surface area contributed by atoms with Gasteiger partial charge in [0.05, 0.1) is 24.8 Å². The van der Waals surface area contributed by atoms with Gasteiger partial charge in [-0.3, -0.25) is 0 Å². The van der Waals surface area contributed by atoms with E-state index in [1.807, 2.05) is 0 Å². The Kier molecular flexibility index (Phi) is 12.1. The lowest BCUT2D eigenvalue weighted by molar-refractivity contribution is -0.308. The standard InChI is InChI=1S/C24H48N6O13/c1-30-7-2-6(27)13(32)21(19(7)41-22-11(28)16(35)14(33)8(3-25)38-22)43-24-18(37)20(10(5-31)40-24)42-23-12(29)17(36)15(34)9(4-26)39-23/h6-24,30-37H,2-5,25-29H2,1H3/t6-,7+,8-,9+,10+,11+,12+,13+,14-,15-,16-,17-,18-,19-,20+,21-,22-,23-,24+/m1/s1. The van der Waals surface area contributed by atoms with Crippen molar-refractivity contribution in [1.82, 2.24) is 5.32 Å². The Hall–Kier alpha value is -0.760. The van der Waals surface area contributed by atoms with Crippen molar-refractivity contribution >= 4 is 0 Å². The molecule has 19 nitrogen and oxygen atoms in total. The predicted molar refractivity (Wildman–Crippen MR) is 143 cm³/mol. The molecule has 252 valence electrons. The van der Waals surface area contributed by atoms with E-state index in [0.717, 1.165) is 0 Å². The van der Waals surface area contributed by atoms with Crippen LogP contribution in [0.25, 0.3) is 0 Å². The quantitative estimate of drug-likeness (QED) is 0.107. The number of hydrogen-bond acceptors (Lipinski definition) is 19. The predicted octanol–water partition coefficient (Wildman–Crippen LogP) is -8.63. The van der Waals surface area contributed by atoms with E-state index in [9.17, 15) is 35.7 Å². The molecule has 0 aromatic heterocycles. The Morgan fingerprint density at radius 3 is 1.56 bits per heavy atom. The molecule has 0 aromatic rings. The molecular formula is C24H48N6O13. The lowest BCUT2D eigenvalue weighted by atomic mass is 9.83. The molecular weight excluding hydrogens is 580 g/mol. The second kappa shape index (κ2) is 14.8. The van der Waals surface area contributed by atoms with Gasteiger partial charge in [-0.05, 0) is 13.5 Å². The van der Waals surface area contributed by atoms with Crippen LogP contribution >= 0.6 is 0 Å². The summed E-state index contributed by atoms with van der Waals surface area (Å²) in [5.74, 6) is 0. The molecule has 19 atom stereocenters. The minimum absolute atomic E-state index is 0.138. The zero-order valence-corrected chi connectivity index (χ0v) is 23.8. The number of likely N-dealkylation sites (N-methyl/N-ethyl adjacent to an activating group) is 1. The van der Waals surface area contributed by atoms with Crippen LogP contribution in [0.5, 0.6) is 0 Å². The summed E-state index contributed by atoms with van der Waals surface area (Å²) in [4.78, 5) is 0. The molecule has 0 unspecified atom stereocenters. The van der Waals surface area contributed by atoms with Gasteiger partial charge in [0.25, 0.3) is 0 Å². The molecule has 4 fully saturated rings. The Labute approximate surface area is 248 Å². The van der Waals surface area contributed by atoms with Crippen molar-refractivity contribution < 1.29 is 64.2 Å². The van der Waals surface area contributed by atoms with Gasteiger partial charge in [-0.2, -0.15) is 0 Å². The molecule has 0 spiro atoms. The molecule has 3 aliphatic heterocycles. The fourth-order valence-corrected chi connectivity index (χ4v) is 5.98. The second-order valence-electron chi connectivity index (χ2n) is 11.5. The fraction of sp³-hybridized carbons (Fsp3) is 1.00. The third-order valence-corrected chi connectivity index (χ3v) is 8.70. The van der Waals surface area contributed by atoms with Gasteiger partial charge in [0.1, 0.15) is 67.1 Å². The van der Waals surface area contributed by atoms with E-state index in [2.05, 4.69) is 5.32 Å². The minimum atomic E-state index is -1.58. The lowest BCUT2D eigenvalue weighted by Crippen LogP contribution is -2.68. The molecule has 19 heteroatoms. The molecule has 4 rings (SSSR count). The van der Waals surface area contributed by atoms with E-state index < -0.39 is 123 Å². The zero-order valence-electron chi connectivity index (χ0n) is 23.8. The summed E-state index contributed by atoms with van der Waals surface area (Å²) in [6.07, 6.45) is -19.2. The van der Waals surface area contributed by atoms with E-state index in [4.69, 9.17) is 57.1 Å². The topological polar surface area (TPSA) is 339 Å². The molecule has 1 saturated carbocycles. The maximum Gasteiger partial charge on any atom is 0.187 e. The number of nitrogens with one attached hydrogen (secondary N) is 1. The van der Waals surface area contributed by atoms with Crippen molar-refractivity contribution in [2.75, 3.05) is 26.7 Å². The number of nitrogens with two attached hydrogens (primary N) is 5. The molecule has 1 aliphatic carbocycles. The molecule has 0 amide bonds. The first-order valence-electron chi connectivity index (χ1n) is 14.3. The first-order valence-corrected chi connectivity index (χ1v) is 14.3. The van der Waals surface area contributed by atoms with Gasteiger partial charge in [-0.15, -0.1) is 0 Å². The van der Waals surface area contributed by atoms with Crippen LogP contribution in [0.15, 0.2) is 0 Å². The maximum atomic E-state index is 11.2. The summed E-state index contributed by atoms with van der Waals surface area (Å²) >= 11 is 0. The van der Waals surface area contributed by atoms with Crippen LogP contribution in [0.3, 0.4) is 0 Å². The molecule has 18 N–H and O–H groups in total. The second-order valence-corrected chi connectivity index (χ2v) is 11.5. The summed E-state index contributed by atoms with van der Waals surface area (Å²) in [7, 11) is 1.63. The Balaban J connectivity index is 1.52. The van der Waals surface area contributed by atoms with Crippen molar-refractivity contribution in [1.29, 1.82) is 0 Å². The number of ether oxygens (including phenoxy) is 6. The summed E-state index contributed by atoms with van der Waals surface area (Å²) in [6.45, 7) is -0.930. The molecule has 0 bridgehead atoms. The average Bonchev–Trinajstić information content (AvgIpc) is 3.30. The minimum Gasteiger partial charge on any atom is -0.394 e. The summed E-state index contributed by atoms with van der Waals surface area (Å²) in [6, 6.07) is -3.78. The maximum absolute atomic E-state index is 11.2. The van der Waals surface area contributed by atoms with E-state index in [1.54, 1.807) is 7.05 Å². The average molecular weight is 629 g/mol. The number of rotatable bonds is 10. The van der Waals surface area contributed by atoms with E-state index >= 15 is 0 Å². The van der Waals surface area contributed by atoms with Crippen LogP contribution < -0.4 is 34.0 Å². The first kappa shape index (κ1) is 35.1. The summed E-state index contributed by atoms with van der Waals surface area (Å²) in [5.41, 5.74) is 29.6. The summed E-state index contributed by atoms with van der Waals surface area (Å²) < 4.78 is 35.1. The molecule has 4 aliphatic rings. The van der Waals surface area contributed by atoms with Crippen molar-refractivity contribution in [2.24, 2.45) is 28.7 Å². The largest absolute Gasteiger partial charge is 0.394 e. The van der Waals surface area contributed by atoms with Crippen molar-refractivity contribution in [2.45, 2.75) is 123 Å². The lowest BCUT2D eigenvalue weighted by Gasteiger charge is -2.48. The fourth-order valence-electron chi connectivity index (χ4n) is 5.98. The van der Waals surface area contributed by atoms with Crippen LogP contribution in [0.2, 0.25) is 0 Å². The first-order chi connectivity index (χ1) is 20.4. The third-order valence-electron chi connectivity index (χ3n) is 8.70. The third kappa shape index (κ3) is 7.00. The molecule has 3 heterocycles. The van der Waals surface area contributed by atoms with Crippen LogP contribution in [-0.2, 0) is 28.4 Å². The van der Waals surface area contributed by atoms with Crippen LogP contribution in [0.4, 0.5) is 0 Å². The number of hydrogen-bond donors (Lipinski definition) is 13. The van der Waals surface area contributed by atoms with E-state index in [1.165, 1.54) is 0 Å². The normalized spacial score (nSPS) is 52.8. The number of aliphatic hydroxyl groups excluding tert-OH is 7. The van der Waals surface area contributed by atoms with Gasteiger partial charge >= 0.3 is 0 Å². The smallest absolute Gasteiger partial charge is 0.187 e. The monoisotopic (exact) mass is 628 g/mol. The van der Waals surface area contributed by atoms with E-state index in [-0.39, 0.29) is 19.5 Å². The molecule has 43 heavy (non-hydrogen) atoms. The molecule has 0 radical (unpaired) electrons. The Bertz CT molecular complexity index is 884. The van der Waals surface area contributed by atoms with Gasteiger partial charge < -0.3 is 98.2 Å². The zero-order chi connectivity index (χ0) is 31.7. The van der Waals surface area contributed by atoms with Gasteiger partial charge in [-0.25, -0.2) is 0 Å². The van der Waals surface area contributed by atoms with Crippen molar-refractivity contribution in [3.63, 3.8) is 0 Å².